The number of ether oxygens (including phenoxy) is 2. The number of nitrogens with one attached hydrogen (secondary N) is 1. The quantitative estimate of drug-likeness (QED) is 0.782. The first-order valence-electron chi connectivity index (χ1n) is 6.40. The fraction of sp³-hybridized carbons (Fsp3) is 0.267. The van der Waals surface area contributed by atoms with E-state index >= 15 is 0 Å². The Morgan fingerprint density at radius 2 is 1.85 bits per heavy atom. The van der Waals surface area contributed by atoms with Crippen LogP contribution in [0, 0.1) is 0 Å². The van der Waals surface area contributed by atoms with Crippen molar-refractivity contribution < 1.29 is 9.47 Å². The van der Waals surface area contributed by atoms with Crippen LogP contribution in [0.25, 0.3) is 0 Å². The molecule has 4 nitrogen and oxygen atoms in total. The second-order valence-corrected chi connectivity index (χ2v) is 5.08. The molecule has 1 aromatic carbocycles. The van der Waals surface area contributed by atoms with Gasteiger partial charge in [0.15, 0.2) is 0 Å². The molecule has 0 spiro atoms. The molecule has 1 heterocycles. The van der Waals surface area contributed by atoms with Crippen molar-refractivity contribution in [1.82, 2.24) is 4.98 Å². The molecule has 0 aliphatic heterocycles. The summed E-state index contributed by atoms with van der Waals surface area (Å²) in [5.74, 6) is 2.56. The van der Waals surface area contributed by atoms with Crippen molar-refractivity contribution >= 4 is 21.7 Å². The zero-order chi connectivity index (χ0) is 14.2. The van der Waals surface area contributed by atoms with Gasteiger partial charge in [0.25, 0.3) is 0 Å². The summed E-state index contributed by atoms with van der Waals surface area (Å²) < 4.78 is 11.7. The van der Waals surface area contributed by atoms with Gasteiger partial charge < -0.3 is 14.8 Å². The largest absolute Gasteiger partial charge is 0.497 e. The van der Waals surface area contributed by atoms with Gasteiger partial charge in [-0.25, -0.2) is 4.98 Å². The maximum Gasteiger partial charge on any atom is 0.125 e. The van der Waals surface area contributed by atoms with Crippen LogP contribution in [0.5, 0.6) is 11.5 Å². The Kier molecular flexibility index (Phi) is 5.68. The van der Waals surface area contributed by atoms with Crippen molar-refractivity contribution in [2.75, 3.05) is 25.6 Å². The second kappa shape index (κ2) is 7.75. The molecule has 0 unspecified atom stereocenters. The first kappa shape index (κ1) is 14.7. The Labute approximate surface area is 127 Å². The van der Waals surface area contributed by atoms with Gasteiger partial charge in [0, 0.05) is 17.2 Å². The molecule has 5 heteroatoms. The van der Waals surface area contributed by atoms with Crippen molar-refractivity contribution in [3.63, 3.8) is 0 Å². The molecule has 0 fully saturated rings. The topological polar surface area (TPSA) is 43.4 Å². The average molecular weight is 337 g/mol. The molecule has 1 aromatic heterocycles. The fourth-order valence-corrected chi connectivity index (χ4v) is 1.87. The van der Waals surface area contributed by atoms with Crippen LogP contribution in [0.3, 0.4) is 0 Å². The second-order valence-electron chi connectivity index (χ2n) is 4.17. The van der Waals surface area contributed by atoms with Gasteiger partial charge in [0.05, 0.1) is 13.7 Å². The lowest BCUT2D eigenvalue weighted by atomic mass is 10.3. The van der Waals surface area contributed by atoms with E-state index in [0.29, 0.717) is 6.61 Å². The Hall–Kier alpha value is -1.75. The van der Waals surface area contributed by atoms with Crippen molar-refractivity contribution in [2.45, 2.75) is 6.42 Å². The maximum absolute atomic E-state index is 5.64. The number of hydrogen-bond donors (Lipinski definition) is 1. The van der Waals surface area contributed by atoms with Gasteiger partial charge in [0.2, 0.25) is 0 Å². The minimum atomic E-state index is 0.663. The van der Waals surface area contributed by atoms with Crippen molar-refractivity contribution in [3.05, 3.63) is 47.1 Å². The molecule has 1 N–H and O–H groups in total. The Morgan fingerprint density at radius 1 is 1.10 bits per heavy atom. The minimum absolute atomic E-state index is 0.663. The van der Waals surface area contributed by atoms with Crippen LogP contribution in [-0.2, 0) is 0 Å². The van der Waals surface area contributed by atoms with Crippen LogP contribution in [0.2, 0.25) is 0 Å². The third kappa shape index (κ3) is 4.74. The summed E-state index contributed by atoms with van der Waals surface area (Å²) in [6, 6.07) is 11.5. The molecule has 0 amide bonds. The number of methoxy groups -OCH3 is 1. The number of nitrogens with zero attached hydrogens (tertiary/aromatic N) is 1. The highest BCUT2D eigenvalue weighted by molar-refractivity contribution is 9.10. The molecule has 0 saturated heterocycles. The molecule has 2 aromatic rings. The monoisotopic (exact) mass is 336 g/mol. The Bertz CT molecular complexity index is 514. The van der Waals surface area contributed by atoms with Gasteiger partial charge in [-0.2, -0.15) is 0 Å². The molecule has 0 aliphatic rings. The number of anilines is 1. The summed E-state index contributed by atoms with van der Waals surface area (Å²) in [6.07, 6.45) is 2.68. The van der Waals surface area contributed by atoms with Gasteiger partial charge in [-0.15, -0.1) is 0 Å². The van der Waals surface area contributed by atoms with Crippen LogP contribution < -0.4 is 14.8 Å². The SMILES string of the molecule is COc1ccc(OCCCNc2ccc(Br)cn2)cc1. The van der Waals surface area contributed by atoms with E-state index in [1.165, 1.54) is 0 Å². The van der Waals surface area contributed by atoms with Gasteiger partial charge in [0.1, 0.15) is 17.3 Å². The average Bonchev–Trinajstić information content (AvgIpc) is 2.49. The van der Waals surface area contributed by atoms with E-state index < -0.39 is 0 Å². The number of benzene rings is 1. The number of halogens is 1. The smallest absolute Gasteiger partial charge is 0.125 e. The molecule has 0 saturated carbocycles. The normalized spacial score (nSPS) is 10.1. The van der Waals surface area contributed by atoms with Crippen molar-refractivity contribution in [1.29, 1.82) is 0 Å². The first-order chi connectivity index (χ1) is 9.78. The number of pyridine rings is 1. The van der Waals surface area contributed by atoms with Gasteiger partial charge in [-0.05, 0) is 58.7 Å². The summed E-state index contributed by atoms with van der Waals surface area (Å²) in [4.78, 5) is 4.24. The standard InChI is InChI=1S/C15H17BrN2O2/c1-19-13-4-6-14(7-5-13)20-10-2-9-17-15-8-3-12(16)11-18-15/h3-8,11H,2,9-10H2,1H3,(H,17,18). The predicted molar refractivity (Wildman–Crippen MR) is 83.5 cm³/mol. The molecule has 0 atom stereocenters. The minimum Gasteiger partial charge on any atom is -0.497 e. The van der Waals surface area contributed by atoms with Crippen LogP contribution in [0.15, 0.2) is 47.1 Å². The molecular weight excluding hydrogens is 320 g/mol. The zero-order valence-electron chi connectivity index (χ0n) is 11.3. The Morgan fingerprint density at radius 3 is 2.50 bits per heavy atom. The number of rotatable bonds is 7. The van der Waals surface area contributed by atoms with Gasteiger partial charge >= 0.3 is 0 Å². The third-order valence-electron chi connectivity index (χ3n) is 2.68. The van der Waals surface area contributed by atoms with E-state index in [4.69, 9.17) is 9.47 Å². The Balaban J connectivity index is 1.64. The van der Waals surface area contributed by atoms with Crippen LogP contribution in [0.4, 0.5) is 5.82 Å². The lowest BCUT2D eigenvalue weighted by Crippen LogP contribution is -2.08. The zero-order valence-corrected chi connectivity index (χ0v) is 12.9. The van der Waals surface area contributed by atoms with Crippen molar-refractivity contribution in [2.24, 2.45) is 0 Å². The first-order valence-corrected chi connectivity index (χ1v) is 7.19. The summed E-state index contributed by atoms with van der Waals surface area (Å²) >= 11 is 3.36. The van der Waals surface area contributed by atoms with E-state index in [-0.39, 0.29) is 0 Å². The number of hydrogen-bond acceptors (Lipinski definition) is 4. The molecule has 20 heavy (non-hydrogen) atoms. The third-order valence-corrected chi connectivity index (χ3v) is 3.15. The van der Waals surface area contributed by atoms with E-state index in [1.807, 2.05) is 36.4 Å². The van der Waals surface area contributed by atoms with Crippen LogP contribution >= 0.6 is 15.9 Å². The molecule has 106 valence electrons. The summed E-state index contributed by atoms with van der Waals surface area (Å²) in [7, 11) is 1.65. The van der Waals surface area contributed by atoms with E-state index in [0.717, 1.165) is 34.8 Å². The van der Waals surface area contributed by atoms with E-state index in [2.05, 4.69) is 26.2 Å². The molecule has 0 radical (unpaired) electrons. The summed E-state index contributed by atoms with van der Waals surface area (Å²) in [5, 5.41) is 3.24. The molecular formula is C15H17BrN2O2. The summed E-state index contributed by atoms with van der Waals surface area (Å²) in [5.41, 5.74) is 0. The fourth-order valence-electron chi connectivity index (χ4n) is 1.63. The van der Waals surface area contributed by atoms with Gasteiger partial charge in [-0.3, -0.25) is 0 Å². The maximum atomic E-state index is 5.64. The van der Waals surface area contributed by atoms with E-state index in [9.17, 15) is 0 Å². The highest BCUT2D eigenvalue weighted by atomic mass is 79.9. The predicted octanol–water partition coefficient (Wildman–Crippen LogP) is 3.73. The molecule has 0 bridgehead atoms. The number of aromatic nitrogens is 1. The molecule has 2 rings (SSSR count). The van der Waals surface area contributed by atoms with Crippen molar-refractivity contribution in [3.8, 4) is 11.5 Å². The highest BCUT2D eigenvalue weighted by Gasteiger charge is 1.96. The van der Waals surface area contributed by atoms with Crippen LogP contribution in [-0.4, -0.2) is 25.2 Å². The van der Waals surface area contributed by atoms with Crippen LogP contribution in [0.1, 0.15) is 6.42 Å². The van der Waals surface area contributed by atoms with E-state index in [1.54, 1.807) is 13.3 Å². The molecule has 0 aliphatic carbocycles. The lowest BCUT2D eigenvalue weighted by molar-refractivity contribution is 0.314. The lowest BCUT2D eigenvalue weighted by Gasteiger charge is -2.08. The highest BCUT2D eigenvalue weighted by Crippen LogP contribution is 2.17. The van der Waals surface area contributed by atoms with Gasteiger partial charge in [-0.1, -0.05) is 0 Å². The summed E-state index contributed by atoms with van der Waals surface area (Å²) in [6.45, 7) is 1.49.